The summed E-state index contributed by atoms with van der Waals surface area (Å²) >= 11 is 0. The largest absolute Gasteiger partial charge is 0.393 e. The maximum Gasteiger partial charge on any atom is 0.223 e. The molecule has 4 N–H and O–H groups in total. The maximum atomic E-state index is 9.87. The van der Waals surface area contributed by atoms with Gasteiger partial charge in [0.1, 0.15) is 5.52 Å². The van der Waals surface area contributed by atoms with Gasteiger partial charge in [0.05, 0.1) is 17.9 Å². The molecule has 7 nitrogen and oxygen atoms in total. The van der Waals surface area contributed by atoms with Gasteiger partial charge in [0.2, 0.25) is 5.95 Å². The molecule has 25 heavy (non-hydrogen) atoms. The Balaban J connectivity index is 1.90. The van der Waals surface area contributed by atoms with Crippen LogP contribution in [0, 0.1) is 0 Å². The third-order valence-electron chi connectivity index (χ3n) is 4.47. The van der Waals surface area contributed by atoms with E-state index in [4.69, 9.17) is 0 Å². The number of nitrogens with zero attached hydrogens (tertiary/aromatic N) is 3. The zero-order chi connectivity index (χ0) is 18.0. The predicted molar refractivity (Wildman–Crippen MR) is 98.6 cm³/mol. The molecule has 0 radical (unpaired) electrons. The van der Waals surface area contributed by atoms with Gasteiger partial charge in [-0.05, 0) is 52.5 Å². The van der Waals surface area contributed by atoms with E-state index in [-0.39, 0.29) is 18.2 Å². The van der Waals surface area contributed by atoms with E-state index in [1.807, 2.05) is 19.9 Å². The van der Waals surface area contributed by atoms with Gasteiger partial charge in [0.25, 0.3) is 0 Å². The van der Waals surface area contributed by atoms with Crippen LogP contribution in [0.3, 0.4) is 0 Å². The van der Waals surface area contributed by atoms with Crippen molar-refractivity contribution >= 4 is 22.7 Å². The molecule has 1 saturated carbocycles. The molecule has 1 unspecified atom stereocenters. The van der Waals surface area contributed by atoms with Crippen molar-refractivity contribution in [2.45, 2.75) is 70.7 Å². The van der Waals surface area contributed by atoms with Crippen LogP contribution in [0.1, 0.15) is 58.3 Å². The van der Waals surface area contributed by atoms with E-state index in [0.717, 1.165) is 36.6 Å². The molecule has 3 rings (SSSR count). The molecule has 1 aliphatic carbocycles. The Bertz CT molecular complexity index is 727. The van der Waals surface area contributed by atoms with Crippen molar-refractivity contribution in [1.29, 1.82) is 0 Å². The first kappa shape index (κ1) is 17.8. The van der Waals surface area contributed by atoms with Crippen molar-refractivity contribution in [1.82, 2.24) is 15.0 Å². The van der Waals surface area contributed by atoms with Crippen molar-refractivity contribution in [3.05, 3.63) is 18.0 Å². The zero-order valence-electron chi connectivity index (χ0n) is 15.0. The first-order valence-electron chi connectivity index (χ1n) is 8.99. The first-order chi connectivity index (χ1) is 11.9. The average molecular weight is 345 g/mol. The Morgan fingerprint density at radius 3 is 2.48 bits per heavy atom. The quantitative estimate of drug-likeness (QED) is 0.660. The summed E-state index contributed by atoms with van der Waals surface area (Å²) in [4.78, 5) is 13.6. The molecule has 2 aromatic rings. The molecule has 0 amide bonds. The number of hydrogen-bond donors (Lipinski definition) is 4. The van der Waals surface area contributed by atoms with Gasteiger partial charge in [0, 0.05) is 23.7 Å². The normalized spacial score (nSPS) is 22.2. The third kappa shape index (κ3) is 4.35. The summed E-state index contributed by atoms with van der Waals surface area (Å²) < 4.78 is 0. The maximum absolute atomic E-state index is 9.87. The average Bonchev–Trinajstić information content (AvgIpc) is 2.56. The van der Waals surface area contributed by atoms with E-state index < -0.39 is 6.10 Å². The van der Waals surface area contributed by atoms with Gasteiger partial charge >= 0.3 is 0 Å². The SMILES string of the molecule is CC(C)Nc1nc(C(C)O)cc2cnc(N[C@H]3CC[C@H](O)CC3)nc12. The Morgan fingerprint density at radius 1 is 1.12 bits per heavy atom. The number of rotatable bonds is 5. The van der Waals surface area contributed by atoms with Crippen LogP contribution in [0.5, 0.6) is 0 Å². The van der Waals surface area contributed by atoms with Crippen LogP contribution in [0.15, 0.2) is 12.3 Å². The van der Waals surface area contributed by atoms with Crippen LogP contribution in [-0.4, -0.2) is 43.4 Å². The van der Waals surface area contributed by atoms with E-state index in [9.17, 15) is 10.2 Å². The molecule has 2 heterocycles. The number of aliphatic hydroxyl groups excluding tert-OH is 2. The molecule has 0 spiro atoms. The second-order valence-corrected chi connectivity index (χ2v) is 7.15. The van der Waals surface area contributed by atoms with Crippen molar-refractivity contribution in [2.75, 3.05) is 10.6 Å². The summed E-state index contributed by atoms with van der Waals surface area (Å²) in [6.07, 6.45) is 4.39. The Kier molecular flexibility index (Phi) is 5.34. The molecule has 0 saturated heterocycles. The van der Waals surface area contributed by atoms with Crippen LogP contribution < -0.4 is 10.6 Å². The standard InChI is InChI=1S/C18H27N5O2/c1-10(2)20-17-16-12(8-15(22-17)11(3)24)9-19-18(23-16)21-13-4-6-14(25)7-5-13/h8-11,13-14,24-25H,4-7H2,1-3H3,(H,20,22)(H,19,21,23)/t11?,13-,14-. The van der Waals surface area contributed by atoms with Gasteiger partial charge in [-0.2, -0.15) is 0 Å². The van der Waals surface area contributed by atoms with Gasteiger partial charge in [-0.3, -0.25) is 0 Å². The lowest BCUT2D eigenvalue weighted by molar-refractivity contribution is 0.126. The predicted octanol–water partition coefficient (Wildman–Crippen LogP) is 2.61. The minimum atomic E-state index is -0.649. The molecule has 7 heteroatoms. The Labute approximate surface area is 147 Å². The summed E-state index contributed by atoms with van der Waals surface area (Å²) in [6.45, 7) is 5.77. The molecule has 2 aromatic heterocycles. The Morgan fingerprint density at radius 2 is 1.84 bits per heavy atom. The first-order valence-corrected chi connectivity index (χ1v) is 8.99. The third-order valence-corrected chi connectivity index (χ3v) is 4.47. The van der Waals surface area contributed by atoms with Gasteiger partial charge in [-0.15, -0.1) is 0 Å². The molecule has 1 atom stereocenters. The second-order valence-electron chi connectivity index (χ2n) is 7.15. The fourth-order valence-electron chi connectivity index (χ4n) is 3.12. The summed E-state index contributed by atoms with van der Waals surface area (Å²) in [5.41, 5.74) is 1.34. The lowest BCUT2D eigenvalue weighted by Gasteiger charge is -2.26. The fourth-order valence-corrected chi connectivity index (χ4v) is 3.12. The minimum absolute atomic E-state index is 0.180. The molecule has 136 valence electrons. The van der Waals surface area contributed by atoms with E-state index in [0.29, 0.717) is 17.5 Å². The topological polar surface area (TPSA) is 103 Å². The minimum Gasteiger partial charge on any atom is -0.393 e. The number of aliphatic hydroxyl groups is 2. The highest BCUT2D eigenvalue weighted by atomic mass is 16.3. The molecular formula is C18H27N5O2. The lowest BCUT2D eigenvalue weighted by Crippen LogP contribution is -2.28. The van der Waals surface area contributed by atoms with Crippen LogP contribution in [0.2, 0.25) is 0 Å². The highest BCUT2D eigenvalue weighted by Gasteiger charge is 2.20. The molecule has 0 bridgehead atoms. The summed E-state index contributed by atoms with van der Waals surface area (Å²) in [6, 6.07) is 2.31. The molecule has 1 fully saturated rings. The highest BCUT2D eigenvalue weighted by molar-refractivity contribution is 5.89. The summed E-state index contributed by atoms with van der Waals surface area (Å²) in [7, 11) is 0. The van der Waals surface area contributed by atoms with Crippen molar-refractivity contribution in [3.63, 3.8) is 0 Å². The fraction of sp³-hybridized carbons (Fsp3) is 0.611. The number of hydrogen-bond acceptors (Lipinski definition) is 7. The molecule has 0 aliphatic heterocycles. The number of nitrogens with one attached hydrogen (secondary N) is 2. The van der Waals surface area contributed by atoms with E-state index >= 15 is 0 Å². The van der Waals surface area contributed by atoms with Gasteiger partial charge in [0.15, 0.2) is 5.82 Å². The van der Waals surface area contributed by atoms with Crippen LogP contribution in [0.4, 0.5) is 11.8 Å². The smallest absolute Gasteiger partial charge is 0.223 e. The van der Waals surface area contributed by atoms with E-state index in [1.165, 1.54) is 0 Å². The van der Waals surface area contributed by atoms with Gasteiger partial charge in [-0.25, -0.2) is 15.0 Å². The highest BCUT2D eigenvalue weighted by Crippen LogP contribution is 2.26. The number of pyridine rings is 1. The second kappa shape index (κ2) is 7.49. The van der Waals surface area contributed by atoms with E-state index in [2.05, 4.69) is 25.6 Å². The van der Waals surface area contributed by atoms with Crippen LogP contribution in [-0.2, 0) is 0 Å². The summed E-state index contributed by atoms with van der Waals surface area (Å²) in [5.74, 6) is 1.24. The van der Waals surface area contributed by atoms with Crippen LogP contribution >= 0.6 is 0 Å². The van der Waals surface area contributed by atoms with Gasteiger partial charge in [-0.1, -0.05) is 0 Å². The lowest BCUT2D eigenvalue weighted by atomic mass is 9.93. The van der Waals surface area contributed by atoms with Gasteiger partial charge < -0.3 is 20.8 Å². The Hall–Kier alpha value is -1.99. The number of fused-ring (bicyclic) bond motifs is 1. The van der Waals surface area contributed by atoms with Crippen molar-refractivity contribution in [2.24, 2.45) is 0 Å². The molecular weight excluding hydrogens is 318 g/mol. The summed E-state index contributed by atoms with van der Waals surface area (Å²) in [5, 5.41) is 27.0. The van der Waals surface area contributed by atoms with E-state index in [1.54, 1.807) is 13.1 Å². The number of anilines is 2. The van der Waals surface area contributed by atoms with Crippen LogP contribution in [0.25, 0.3) is 10.9 Å². The monoisotopic (exact) mass is 345 g/mol. The number of aromatic nitrogens is 3. The molecule has 0 aromatic carbocycles. The molecule has 1 aliphatic rings. The van der Waals surface area contributed by atoms with Crippen molar-refractivity contribution < 1.29 is 10.2 Å². The zero-order valence-corrected chi connectivity index (χ0v) is 15.0. The van der Waals surface area contributed by atoms with Crippen molar-refractivity contribution in [3.8, 4) is 0 Å².